The second-order valence-electron chi connectivity index (χ2n) is 8.41. The van der Waals surface area contributed by atoms with Crippen LogP contribution in [0.3, 0.4) is 0 Å². The standard InChI is InChI=1S/C23H29FN2O2/c1-17-10-13-25(14-11-17)15-18-3-2-12-26(16-18)23(27)22-9-8-21(28-22)19-4-6-20(24)7-5-19/h4-9,17-18H,2-3,10-16H2,1H3. The summed E-state index contributed by atoms with van der Waals surface area (Å²) >= 11 is 0. The molecular weight excluding hydrogens is 355 g/mol. The third-order valence-electron chi connectivity index (χ3n) is 6.14. The molecule has 2 fully saturated rings. The molecule has 4 nitrogen and oxygen atoms in total. The van der Waals surface area contributed by atoms with Crippen LogP contribution in [-0.4, -0.2) is 48.4 Å². The number of hydrogen-bond donors (Lipinski definition) is 0. The highest BCUT2D eigenvalue weighted by molar-refractivity contribution is 5.92. The summed E-state index contributed by atoms with van der Waals surface area (Å²) in [6, 6.07) is 9.65. The summed E-state index contributed by atoms with van der Waals surface area (Å²) in [5.41, 5.74) is 0.774. The molecule has 1 unspecified atom stereocenters. The number of benzene rings is 1. The highest BCUT2D eigenvalue weighted by Crippen LogP contribution is 2.26. The van der Waals surface area contributed by atoms with Crippen LogP contribution in [0.4, 0.5) is 4.39 Å². The summed E-state index contributed by atoms with van der Waals surface area (Å²) in [5, 5.41) is 0. The zero-order valence-corrected chi connectivity index (χ0v) is 16.6. The Morgan fingerprint density at radius 1 is 1.07 bits per heavy atom. The first-order valence-corrected chi connectivity index (χ1v) is 10.5. The fourth-order valence-electron chi connectivity index (χ4n) is 4.39. The van der Waals surface area contributed by atoms with Crippen molar-refractivity contribution in [2.45, 2.75) is 32.6 Å². The van der Waals surface area contributed by atoms with Crippen molar-refractivity contribution in [1.29, 1.82) is 0 Å². The van der Waals surface area contributed by atoms with Gasteiger partial charge in [-0.25, -0.2) is 4.39 Å². The van der Waals surface area contributed by atoms with Crippen molar-refractivity contribution in [3.8, 4) is 11.3 Å². The number of carbonyl (C=O) groups is 1. The molecule has 0 aliphatic carbocycles. The van der Waals surface area contributed by atoms with Gasteiger partial charge in [0.05, 0.1) is 0 Å². The summed E-state index contributed by atoms with van der Waals surface area (Å²) in [6.07, 6.45) is 4.81. The molecule has 0 spiro atoms. The zero-order chi connectivity index (χ0) is 19.5. The minimum atomic E-state index is -0.283. The number of nitrogens with zero attached hydrogens (tertiary/aromatic N) is 2. The third-order valence-corrected chi connectivity index (χ3v) is 6.14. The maximum atomic E-state index is 13.1. The highest BCUT2D eigenvalue weighted by Gasteiger charge is 2.28. The van der Waals surface area contributed by atoms with Gasteiger partial charge in [-0.2, -0.15) is 0 Å². The number of rotatable bonds is 4. The largest absolute Gasteiger partial charge is 0.451 e. The van der Waals surface area contributed by atoms with Crippen LogP contribution >= 0.6 is 0 Å². The van der Waals surface area contributed by atoms with Crippen LogP contribution in [-0.2, 0) is 0 Å². The van der Waals surface area contributed by atoms with Crippen molar-refractivity contribution < 1.29 is 13.6 Å². The Morgan fingerprint density at radius 2 is 1.82 bits per heavy atom. The van der Waals surface area contributed by atoms with Crippen molar-refractivity contribution in [3.05, 3.63) is 48.0 Å². The van der Waals surface area contributed by atoms with Gasteiger partial charge in [0.2, 0.25) is 0 Å². The predicted octanol–water partition coefficient (Wildman–Crippen LogP) is 4.67. The molecule has 1 aromatic heterocycles. The van der Waals surface area contributed by atoms with E-state index in [-0.39, 0.29) is 11.7 Å². The number of amides is 1. The van der Waals surface area contributed by atoms with E-state index in [9.17, 15) is 9.18 Å². The van der Waals surface area contributed by atoms with E-state index in [1.807, 2.05) is 4.90 Å². The van der Waals surface area contributed by atoms with Crippen LogP contribution < -0.4 is 0 Å². The van der Waals surface area contributed by atoms with E-state index in [1.165, 1.54) is 44.5 Å². The van der Waals surface area contributed by atoms with Gasteiger partial charge in [-0.15, -0.1) is 0 Å². The average molecular weight is 384 g/mol. The Kier molecular flexibility index (Phi) is 5.81. The molecule has 1 amide bonds. The normalized spacial score (nSPS) is 21.8. The van der Waals surface area contributed by atoms with Crippen molar-refractivity contribution in [3.63, 3.8) is 0 Å². The van der Waals surface area contributed by atoms with Gasteiger partial charge < -0.3 is 14.2 Å². The van der Waals surface area contributed by atoms with E-state index in [0.717, 1.165) is 37.5 Å². The molecule has 0 radical (unpaired) electrons. The number of halogens is 1. The highest BCUT2D eigenvalue weighted by atomic mass is 19.1. The molecule has 1 aromatic carbocycles. The number of likely N-dealkylation sites (tertiary alicyclic amines) is 2. The number of furan rings is 1. The average Bonchev–Trinajstić information content (AvgIpc) is 3.20. The molecule has 2 aliphatic heterocycles. The summed E-state index contributed by atoms with van der Waals surface area (Å²) in [4.78, 5) is 17.4. The fourth-order valence-corrected chi connectivity index (χ4v) is 4.39. The van der Waals surface area contributed by atoms with Gasteiger partial charge in [-0.05, 0) is 87.0 Å². The molecule has 2 aliphatic rings. The molecule has 2 saturated heterocycles. The fraction of sp³-hybridized carbons (Fsp3) is 0.522. The molecular formula is C23H29FN2O2. The van der Waals surface area contributed by atoms with Gasteiger partial charge >= 0.3 is 0 Å². The number of piperidine rings is 2. The van der Waals surface area contributed by atoms with Crippen LogP contribution in [0.2, 0.25) is 0 Å². The lowest BCUT2D eigenvalue weighted by Gasteiger charge is -2.37. The van der Waals surface area contributed by atoms with Gasteiger partial charge in [-0.3, -0.25) is 4.79 Å². The van der Waals surface area contributed by atoms with Gasteiger partial charge in [0.15, 0.2) is 5.76 Å². The summed E-state index contributed by atoms with van der Waals surface area (Å²) in [6.45, 7) is 7.39. The molecule has 28 heavy (non-hydrogen) atoms. The Morgan fingerprint density at radius 3 is 2.57 bits per heavy atom. The van der Waals surface area contributed by atoms with Gasteiger partial charge in [0.25, 0.3) is 5.91 Å². The first-order chi connectivity index (χ1) is 13.6. The van der Waals surface area contributed by atoms with E-state index in [0.29, 0.717) is 17.4 Å². The lowest BCUT2D eigenvalue weighted by molar-refractivity contribution is 0.0593. The second-order valence-corrected chi connectivity index (χ2v) is 8.41. The summed E-state index contributed by atoms with van der Waals surface area (Å²) < 4.78 is 18.9. The van der Waals surface area contributed by atoms with Crippen LogP contribution in [0.1, 0.15) is 43.2 Å². The lowest BCUT2D eigenvalue weighted by atomic mass is 9.94. The van der Waals surface area contributed by atoms with Crippen LogP contribution in [0, 0.1) is 17.7 Å². The Hall–Kier alpha value is -2.14. The maximum Gasteiger partial charge on any atom is 0.289 e. The third kappa shape index (κ3) is 4.46. The summed E-state index contributed by atoms with van der Waals surface area (Å²) in [5.74, 6) is 2.03. The van der Waals surface area contributed by atoms with Crippen molar-refractivity contribution >= 4 is 5.91 Å². The molecule has 0 saturated carbocycles. The van der Waals surface area contributed by atoms with E-state index in [2.05, 4.69) is 11.8 Å². The molecule has 2 aromatic rings. The monoisotopic (exact) mass is 384 g/mol. The Balaban J connectivity index is 1.37. The van der Waals surface area contributed by atoms with Crippen molar-refractivity contribution in [2.75, 3.05) is 32.7 Å². The van der Waals surface area contributed by atoms with Crippen LogP contribution in [0.5, 0.6) is 0 Å². The Bertz CT molecular complexity index is 793. The minimum absolute atomic E-state index is 0.0367. The maximum absolute atomic E-state index is 13.1. The molecule has 0 N–H and O–H groups in total. The van der Waals surface area contributed by atoms with Gasteiger partial charge in [0.1, 0.15) is 11.6 Å². The number of hydrogen-bond acceptors (Lipinski definition) is 3. The molecule has 1 atom stereocenters. The van der Waals surface area contributed by atoms with Gasteiger partial charge in [-0.1, -0.05) is 6.92 Å². The van der Waals surface area contributed by atoms with Gasteiger partial charge in [0, 0.05) is 25.2 Å². The minimum Gasteiger partial charge on any atom is -0.451 e. The zero-order valence-electron chi connectivity index (χ0n) is 16.6. The van der Waals surface area contributed by atoms with Crippen molar-refractivity contribution in [1.82, 2.24) is 9.80 Å². The van der Waals surface area contributed by atoms with Crippen molar-refractivity contribution in [2.24, 2.45) is 11.8 Å². The number of carbonyl (C=O) groups excluding carboxylic acids is 1. The van der Waals surface area contributed by atoms with E-state index in [1.54, 1.807) is 24.3 Å². The molecule has 3 heterocycles. The predicted molar refractivity (Wildman–Crippen MR) is 108 cm³/mol. The first-order valence-electron chi connectivity index (χ1n) is 10.5. The first kappa shape index (κ1) is 19.2. The molecule has 150 valence electrons. The molecule has 5 heteroatoms. The van der Waals surface area contributed by atoms with Crippen LogP contribution in [0.15, 0.2) is 40.8 Å². The van der Waals surface area contributed by atoms with Crippen LogP contribution in [0.25, 0.3) is 11.3 Å². The van der Waals surface area contributed by atoms with E-state index < -0.39 is 0 Å². The molecule has 4 rings (SSSR count). The van der Waals surface area contributed by atoms with E-state index in [4.69, 9.17) is 4.42 Å². The lowest BCUT2D eigenvalue weighted by Crippen LogP contribution is -2.45. The second kappa shape index (κ2) is 8.48. The quantitative estimate of drug-likeness (QED) is 0.769. The van der Waals surface area contributed by atoms with E-state index >= 15 is 0 Å². The topological polar surface area (TPSA) is 36.7 Å². The SMILES string of the molecule is CC1CCN(CC2CCCN(C(=O)c3ccc(-c4ccc(F)cc4)o3)C2)CC1. The Labute approximate surface area is 166 Å². The smallest absolute Gasteiger partial charge is 0.289 e. The summed E-state index contributed by atoms with van der Waals surface area (Å²) in [7, 11) is 0. The molecule has 0 bridgehead atoms.